The molecule has 0 N–H and O–H groups in total. The summed E-state index contributed by atoms with van der Waals surface area (Å²) in [5.74, 6) is 1.43. The van der Waals surface area contributed by atoms with Gasteiger partial charge >= 0.3 is 0 Å². The summed E-state index contributed by atoms with van der Waals surface area (Å²) in [5, 5.41) is 10.0. The molecule has 0 radical (unpaired) electrons. The Balaban J connectivity index is 1.56. The van der Waals surface area contributed by atoms with E-state index in [1.54, 1.807) is 18.6 Å². The number of rotatable bonds is 3. The number of imidazole rings is 1. The Hall–Kier alpha value is -3.62. The summed E-state index contributed by atoms with van der Waals surface area (Å²) in [6.45, 7) is 8.40. The molecule has 31 heavy (non-hydrogen) atoms. The lowest BCUT2D eigenvalue weighted by atomic mass is 10.1. The molecule has 0 unspecified atom stereocenters. The van der Waals surface area contributed by atoms with E-state index in [-0.39, 0.29) is 5.54 Å². The van der Waals surface area contributed by atoms with Gasteiger partial charge in [0.15, 0.2) is 11.3 Å². The molecule has 0 aromatic carbocycles. The molecule has 0 atom stereocenters. The van der Waals surface area contributed by atoms with Gasteiger partial charge < -0.3 is 4.52 Å². The van der Waals surface area contributed by atoms with Crippen LogP contribution >= 0.6 is 0 Å². The number of pyridine rings is 1. The lowest BCUT2D eigenvalue weighted by molar-refractivity contribution is 0.364. The first kappa shape index (κ1) is 18.2. The molecule has 0 spiro atoms. The maximum Gasteiger partial charge on any atom is 0.259 e. The minimum Gasteiger partial charge on any atom is -0.334 e. The van der Waals surface area contributed by atoms with Crippen LogP contribution in [0.2, 0.25) is 0 Å². The Morgan fingerprint density at radius 1 is 1.13 bits per heavy atom. The van der Waals surface area contributed by atoms with Gasteiger partial charge in [-0.05, 0) is 46.6 Å². The Morgan fingerprint density at radius 3 is 2.74 bits per heavy atom. The van der Waals surface area contributed by atoms with Crippen LogP contribution in [0.4, 0.5) is 0 Å². The molecular weight excluding hydrogens is 392 g/mol. The third kappa shape index (κ3) is 2.83. The number of hydrogen-bond donors (Lipinski definition) is 0. The van der Waals surface area contributed by atoms with Crippen molar-refractivity contribution in [1.29, 1.82) is 0 Å². The van der Waals surface area contributed by atoms with E-state index < -0.39 is 0 Å². The fourth-order valence-corrected chi connectivity index (χ4v) is 3.98. The fourth-order valence-electron chi connectivity index (χ4n) is 3.98. The van der Waals surface area contributed by atoms with Gasteiger partial charge in [0, 0.05) is 24.0 Å². The van der Waals surface area contributed by atoms with Crippen LogP contribution < -0.4 is 0 Å². The lowest BCUT2D eigenvalue weighted by Crippen LogP contribution is -2.23. The van der Waals surface area contributed by atoms with Gasteiger partial charge in [-0.15, -0.1) is 0 Å². The summed E-state index contributed by atoms with van der Waals surface area (Å²) in [4.78, 5) is 18.2. The number of aromatic nitrogens is 8. The molecule has 0 saturated heterocycles. The molecule has 156 valence electrons. The molecule has 1 aliphatic carbocycles. The molecule has 9 nitrogen and oxygen atoms in total. The first-order valence-corrected chi connectivity index (χ1v) is 10.4. The minimum absolute atomic E-state index is 0.191. The monoisotopic (exact) mass is 414 g/mol. The smallest absolute Gasteiger partial charge is 0.259 e. The van der Waals surface area contributed by atoms with Gasteiger partial charge in [0.25, 0.3) is 5.89 Å². The maximum absolute atomic E-state index is 5.75. The van der Waals surface area contributed by atoms with Crippen LogP contribution in [0.25, 0.3) is 39.7 Å². The van der Waals surface area contributed by atoms with Crippen LogP contribution in [0.5, 0.6) is 0 Å². The van der Waals surface area contributed by atoms with Gasteiger partial charge in [-0.2, -0.15) is 10.1 Å². The SMILES string of the molecule is Cc1nn(C(C)(C)C)c2nc(C3CC3)cc(-c3nc(-c4cnc5cnccn45)no3)c12. The Morgan fingerprint density at radius 2 is 1.97 bits per heavy atom. The summed E-state index contributed by atoms with van der Waals surface area (Å²) in [6, 6.07) is 2.09. The summed E-state index contributed by atoms with van der Waals surface area (Å²) in [7, 11) is 0. The molecule has 1 saturated carbocycles. The first-order valence-electron chi connectivity index (χ1n) is 10.4. The largest absolute Gasteiger partial charge is 0.334 e. The first-order chi connectivity index (χ1) is 14.9. The number of fused-ring (bicyclic) bond motifs is 2. The average molecular weight is 414 g/mol. The summed E-state index contributed by atoms with van der Waals surface area (Å²) >= 11 is 0. The molecule has 9 heteroatoms. The third-order valence-electron chi connectivity index (χ3n) is 5.67. The molecule has 0 bridgehead atoms. The third-order valence-corrected chi connectivity index (χ3v) is 5.67. The zero-order valence-corrected chi connectivity index (χ0v) is 17.9. The van der Waals surface area contributed by atoms with Crippen molar-refractivity contribution in [2.45, 2.75) is 52.0 Å². The van der Waals surface area contributed by atoms with Crippen molar-refractivity contribution in [3.63, 3.8) is 0 Å². The van der Waals surface area contributed by atoms with Crippen molar-refractivity contribution in [3.8, 4) is 23.0 Å². The summed E-state index contributed by atoms with van der Waals surface area (Å²) in [5.41, 5.74) is 5.00. The zero-order chi connectivity index (χ0) is 21.3. The highest BCUT2D eigenvalue weighted by molar-refractivity contribution is 5.93. The van der Waals surface area contributed by atoms with Crippen LogP contribution in [0.15, 0.2) is 35.4 Å². The number of aryl methyl sites for hydroxylation is 1. The van der Waals surface area contributed by atoms with Crippen LogP contribution in [0.3, 0.4) is 0 Å². The molecule has 5 aromatic rings. The molecular formula is C22H22N8O. The van der Waals surface area contributed by atoms with Crippen LogP contribution in [-0.2, 0) is 5.54 Å². The predicted octanol–water partition coefficient (Wildman–Crippen LogP) is 4.13. The molecule has 5 heterocycles. The van der Waals surface area contributed by atoms with Gasteiger partial charge in [0.05, 0.1) is 34.6 Å². The topological polar surface area (TPSA) is 99.8 Å². The molecule has 5 aromatic heterocycles. The average Bonchev–Trinajstić information content (AvgIpc) is 3.17. The van der Waals surface area contributed by atoms with E-state index in [9.17, 15) is 0 Å². The van der Waals surface area contributed by atoms with Crippen molar-refractivity contribution in [3.05, 3.63) is 42.2 Å². The molecule has 6 rings (SSSR count). The van der Waals surface area contributed by atoms with Crippen LogP contribution in [0.1, 0.15) is 50.9 Å². The Bertz CT molecular complexity index is 1450. The summed E-state index contributed by atoms with van der Waals surface area (Å²) < 4.78 is 9.65. The van der Waals surface area contributed by atoms with Crippen LogP contribution in [0, 0.1) is 6.92 Å². The van der Waals surface area contributed by atoms with E-state index in [2.05, 4.69) is 42.0 Å². The second-order valence-electron chi connectivity index (χ2n) is 9.11. The van der Waals surface area contributed by atoms with Gasteiger partial charge in [0.1, 0.15) is 5.69 Å². The quantitative estimate of drug-likeness (QED) is 0.437. The molecule has 0 aliphatic heterocycles. The van der Waals surface area contributed by atoms with E-state index in [0.717, 1.165) is 52.2 Å². The number of nitrogens with zero attached hydrogens (tertiary/aromatic N) is 8. The van der Waals surface area contributed by atoms with Gasteiger partial charge in [-0.1, -0.05) is 5.16 Å². The van der Waals surface area contributed by atoms with Gasteiger partial charge in [-0.25, -0.2) is 14.6 Å². The van der Waals surface area contributed by atoms with E-state index in [4.69, 9.17) is 19.6 Å². The van der Waals surface area contributed by atoms with Crippen molar-refractivity contribution in [2.24, 2.45) is 0 Å². The van der Waals surface area contributed by atoms with Gasteiger partial charge in [0.2, 0.25) is 5.82 Å². The van der Waals surface area contributed by atoms with E-state index in [1.165, 1.54) is 0 Å². The van der Waals surface area contributed by atoms with Crippen LogP contribution in [-0.4, -0.2) is 39.3 Å². The Kier molecular flexibility index (Phi) is 3.63. The molecule has 1 fully saturated rings. The standard InChI is InChI=1S/C22H22N8O/c1-12-18-14(9-15(13-5-6-13)25-20(18)30(27-12)22(2,3)4)21-26-19(28-31-21)16-10-24-17-11-23-7-8-29(16)17/h7-11,13H,5-6H2,1-4H3. The maximum atomic E-state index is 5.75. The van der Waals surface area contributed by atoms with E-state index >= 15 is 0 Å². The van der Waals surface area contributed by atoms with Crippen molar-refractivity contribution >= 4 is 16.7 Å². The second kappa shape index (κ2) is 6.19. The van der Waals surface area contributed by atoms with Crippen molar-refractivity contribution in [1.82, 2.24) is 39.3 Å². The highest BCUT2D eigenvalue weighted by atomic mass is 16.5. The predicted molar refractivity (Wildman–Crippen MR) is 115 cm³/mol. The van der Waals surface area contributed by atoms with Crippen molar-refractivity contribution in [2.75, 3.05) is 0 Å². The number of hydrogen-bond acceptors (Lipinski definition) is 7. The molecule has 0 amide bonds. The Labute approximate surface area is 178 Å². The highest BCUT2D eigenvalue weighted by Crippen LogP contribution is 2.42. The molecule has 1 aliphatic rings. The van der Waals surface area contributed by atoms with Gasteiger partial charge in [-0.3, -0.25) is 9.38 Å². The highest BCUT2D eigenvalue weighted by Gasteiger charge is 2.30. The fraction of sp³-hybridized carbons (Fsp3) is 0.364. The second-order valence-corrected chi connectivity index (χ2v) is 9.11. The van der Waals surface area contributed by atoms with E-state index in [1.807, 2.05) is 22.2 Å². The summed E-state index contributed by atoms with van der Waals surface area (Å²) in [6.07, 6.45) is 9.28. The van der Waals surface area contributed by atoms with E-state index in [0.29, 0.717) is 17.6 Å². The minimum atomic E-state index is -0.191. The normalized spacial score (nSPS) is 14.7. The van der Waals surface area contributed by atoms with Crippen molar-refractivity contribution < 1.29 is 4.52 Å². The zero-order valence-electron chi connectivity index (χ0n) is 17.9. The lowest BCUT2D eigenvalue weighted by Gasteiger charge is -2.20.